The second-order valence-electron chi connectivity index (χ2n) is 5.90. The molecular weight excluding hydrogens is 232 g/mol. The predicted molar refractivity (Wildman–Crippen MR) is 79.5 cm³/mol. The van der Waals surface area contributed by atoms with Gasteiger partial charge in [-0.2, -0.15) is 0 Å². The van der Waals surface area contributed by atoms with E-state index >= 15 is 0 Å². The molecule has 0 amide bonds. The number of fused-ring (bicyclic) bond motifs is 6. The first kappa shape index (κ1) is 11.0. The van der Waals surface area contributed by atoms with E-state index in [1.165, 1.54) is 32.7 Å². The SMILES string of the molecule is CC1(O)Cc2c(c3ccccc3c3ccccc23)C1. The van der Waals surface area contributed by atoms with Crippen molar-refractivity contribution in [2.45, 2.75) is 25.4 Å². The Bertz CT molecular complexity index is 733. The largest absolute Gasteiger partial charge is 0.389 e. The van der Waals surface area contributed by atoms with Gasteiger partial charge in [-0.3, -0.25) is 0 Å². The van der Waals surface area contributed by atoms with Crippen molar-refractivity contribution in [2.75, 3.05) is 0 Å². The maximum atomic E-state index is 10.4. The van der Waals surface area contributed by atoms with Gasteiger partial charge < -0.3 is 5.11 Å². The van der Waals surface area contributed by atoms with Crippen LogP contribution in [0.5, 0.6) is 0 Å². The molecule has 3 aromatic carbocycles. The van der Waals surface area contributed by atoms with Gasteiger partial charge in [-0.1, -0.05) is 48.5 Å². The summed E-state index contributed by atoms with van der Waals surface area (Å²) >= 11 is 0. The first-order valence-corrected chi connectivity index (χ1v) is 6.79. The minimum atomic E-state index is -0.602. The highest BCUT2D eigenvalue weighted by Crippen LogP contribution is 2.40. The molecule has 19 heavy (non-hydrogen) atoms. The normalized spacial score (nSPS) is 16.9. The fourth-order valence-electron chi connectivity index (χ4n) is 3.52. The lowest BCUT2D eigenvalue weighted by atomic mass is 9.93. The molecule has 0 spiro atoms. The average Bonchev–Trinajstić information content (AvgIpc) is 2.75. The van der Waals surface area contributed by atoms with E-state index in [0.717, 1.165) is 12.8 Å². The van der Waals surface area contributed by atoms with E-state index in [9.17, 15) is 5.11 Å². The molecule has 4 rings (SSSR count). The summed E-state index contributed by atoms with van der Waals surface area (Å²) in [6.45, 7) is 1.94. The van der Waals surface area contributed by atoms with Crippen molar-refractivity contribution in [1.82, 2.24) is 0 Å². The highest BCUT2D eigenvalue weighted by atomic mass is 16.3. The molecule has 94 valence electrons. The monoisotopic (exact) mass is 248 g/mol. The van der Waals surface area contributed by atoms with Gasteiger partial charge in [-0.15, -0.1) is 0 Å². The van der Waals surface area contributed by atoms with Crippen molar-refractivity contribution in [1.29, 1.82) is 0 Å². The van der Waals surface area contributed by atoms with Crippen LogP contribution in [-0.4, -0.2) is 10.7 Å². The molecule has 0 aromatic heterocycles. The smallest absolute Gasteiger partial charge is 0.0700 e. The zero-order valence-corrected chi connectivity index (χ0v) is 11.0. The van der Waals surface area contributed by atoms with Crippen molar-refractivity contribution >= 4 is 21.5 Å². The second-order valence-corrected chi connectivity index (χ2v) is 5.90. The van der Waals surface area contributed by atoms with Gasteiger partial charge in [0.25, 0.3) is 0 Å². The van der Waals surface area contributed by atoms with Crippen LogP contribution in [0.1, 0.15) is 18.1 Å². The Hall–Kier alpha value is -1.86. The molecule has 0 saturated heterocycles. The minimum absolute atomic E-state index is 0.602. The summed E-state index contributed by atoms with van der Waals surface area (Å²) in [7, 11) is 0. The molecule has 3 aromatic rings. The van der Waals surface area contributed by atoms with Crippen LogP contribution in [0.2, 0.25) is 0 Å². The molecule has 0 aliphatic heterocycles. The van der Waals surface area contributed by atoms with E-state index in [1.807, 2.05) is 6.92 Å². The Labute approximate surface area is 112 Å². The van der Waals surface area contributed by atoms with E-state index in [-0.39, 0.29) is 0 Å². The number of aliphatic hydroxyl groups is 1. The summed E-state index contributed by atoms with van der Waals surface area (Å²) in [5, 5.41) is 15.6. The zero-order chi connectivity index (χ0) is 13.0. The van der Waals surface area contributed by atoms with Crippen molar-refractivity contribution in [3.8, 4) is 0 Å². The standard InChI is InChI=1S/C18H16O/c1-18(19)10-16-14-8-4-2-6-12(14)13-7-3-5-9-15(13)17(16)11-18/h2-9,19H,10-11H2,1H3. The average molecular weight is 248 g/mol. The van der Waals surface area contributed by atoms with Gasteiger partial charge in [0.15, 0.2) is 0 Å². The van der Waals surface area contributed by atoms with Crippen LogP contribution in [0.15, 0.2) is 48.5 Å². The molecule has 0 heterocycles. The third-order valence-corrected chi connectivity index (χ3v) is 4.27. The highest BCUT2D eigenvalue weighted by Gasteiger charge is 2.33. The lowest BCUT2D eigenvalue weighted by Crippen LogP contribution is -2.23. The van der Waals surface area contributed by atoms with Gasteiger partial charge in [-0.25, -0.2) is 0 Å². The summed E-state index contributed by atoms with van der Waals surface area (Å²) in [5.74, 6) is 0. The van der Waals surface area contributed by atoms with Gasteiger partial charge in [0.05, 0.1) is 5.60 Å². The van der Waals surface area contributed by atoms with Gasteiger partial charge in [-0.05, 0) is 39.6 Å². The zero-order valence-electron chi connectivity index (χ0n) is 11.0. The van der Waals surface area contributed by atoms with Crippen molar-refractivity contribution in [2.24, 2.45) is 0 Å². The fraction of sp³-hybridized carbons (Fsp3) is 0.222. The summed E-state index contributed by atoms with van der Waals surface area (Å²) in [6.07, 6.45) is 1.52. The quantitative estimate of drug-likeness (QED) is 0.599. The number of rotatable bonds is 0. The predicted octanol–water partition coefficient (Wildman–Crippen LogP) is 3.84. The highest BCUT2D eigenvalue weighted by molar-refractivity contribution is 6.11. The van der Waals surface area contributed by atoms with Crippen LogP contribution in [0.4, 0.5) is 0 Å². The summed E-state index contributed by atoms with van der Waals surface area (Å²) in [5.41, 5.74) is 2.06. The lowest BCUT2D eigenvalue weighted by molar-refractivity contribution is 0.0722. The third kappa shape index (κ3) is 1.52. The van der Waals surface area contributed by atoms with Crippen LogP contribution in [0.25, 0.3) is 21.5 Å². The Morgan fingerprint density at radius 1 is 0.737 bits per heavy atom. The number of benzene rings is 3. The Kier molecular flexibility index (Phi) is 2.07. The first-order chi connectivity index (χ1) is 9.16. The molecule has 0 fully saturated rings. The molecular formula is C18H16O. The molecule has 0 unspecified atom stereocenters. The van der Waals surface area contributed by atoms with Crippen LogP contribution in [0.3, 0.4) is 0 Å². The van der Waals surface area contributed by atoms with E-state index in [2.05, 4.69) is 48.5 Å². The van der Waals surface area contributed by atoms with Crippen molar-refractivity contribution in [3.05, 3.63) is 59.7 Å². The summed E-state index contributed by atoms with van der Waals surface area (Å²) in [4.78, 5) is 0. The van der Waals surface area contributed by atoms with E-state index in [4.69, 9.17) is 0 Å². The van der Waals surface area contributed by atoms with E-state index < -0.39 is 5.60 Å². The molecule has 1 aliphatic carbocycles. The van der Waals surface area contributed by atoms with Gasteiger partial charge in [0.2, 0.25) is 0 Å². The lowest BCUT2D eigenvalue weighted by Gasteiger charge is -2.13. The molecule has 0 bridgehead atoms. The van der Waals surface area contributed by atoms with Gasteiger partial charge >= 0.3 is 0 Å². The number of hydrogen-bond acceptors (Lipinski definition) is 1. The Morgan fingerprint density at radius 3 is 1.53 bits per heavy atom. The maximum absolute atomic E-state index is 10.4. The van der Waals surface area contributed by atoms with Crippen LogP contribution in [-0.2, 0) is 12.8 Å². The Balaban J connectivity index is 2.24. The van der Waals surface area contributed by atoms with E-state index in [1.54, 1.807) is 0 Å². The molecule has 1 aliphatic rings. The Morgan fingerprint density at radius 2 is 1.11 bits per heavy atom. The van der Waals surface area contributed by atoms with Crippen LogP contribution in [0, 0.1) is 0 Å². The van der Waals surface area contributed by atoms with Gasteiger partial charge in [0.1, 0.15) is 0 Å². The molecule has 0 atom stereocenters. The van der Waals surface area contributed by atoms with Gasteiger partial charge in [0, 0.05) is 12.8 Å². The molecule has 1 N–H and O–H groups in total. The molecule has 1 nitrogen and oxygen atoms in total. The molecule has 0 saturated carbocycles. The molecule has 0 radical (unpaired) electrons. The molecule has 1 heteroatoms. The first-order valence-electron chi connectivity index (χ1n) is 6.79. The topological polar surface area (TPSA) is 20.2 Å². The number of hydrogen-bond donors (Lipinski definition) is 1. The van der Waals surface area contributed by atoms with Crippen LogP contribution < -0.4 is 0 Å². The maximum Gasteiger partial charge on any atom is 0.0700 e. The fourth-order valence-corrected chi connectivity index (χ4v) is 3.52. The second kappa shape index (κ2) is 3.58. The summed E-state index contributed by atoms with van der Waals surface area (Å²) < 4.78 is 0. The summed E-state index contributed by atoms with van der Waals surface area (Å²) in [6, 6.07) is 17.1. The van der Waals surface area contributed by atoms with Crippen LogP contribution >= 0.6 is 0 Å². The minimum Gasteiger partial charge on any atom is -0.389 e. The van der Waals surface area contributed by atoms with E-state index in [0.29, 0.717) is 0 Å². The van der Waals surface area contributed by atoms with Crippen molar-refractivity contribution < 1.29 is 5.11 Å². The van der Waals surface area contributed by atoms with Crippen molar-refractivity contribution in [3.63, 3.8) is 0 Å². The third-order valence-electron chi connectivity index (χ3n) is 4.27.